The number of nitrogens with two attached hydrogens (primary N) is 1. The number of rotatable bonds is 9. The van der Waals surface area contributed by atoms with Gasteiger partial charge >= 0.3 is 0 Å². The van der Waals surface area contributed by atoms with Crippen molar-refractivity contribution >= 4 is 34.9 Å². The van der Waals surface area contributed by atoms with Gasteiger partial charge in [0.25, 0.3) is 5.56 Å². The highest BCUT2D eigenvalue weighted by atomic mass is 32.2. The summed E-state index contributed by atoms with van der Waals surface area (Å²) in [5.41, 5.74) is 6.63. The van der Waals surface area contributed by atoms with Crippen LogP contribution in [0.3, 0.4) is 0 Å². The first-order valence-electron chi connectivity index (χ1n) is 10.1. The van der Waals surface area contributed by atoms with E-state index in [2.05, 4.69) is 20.2 Å². The van der Waals surface area contributed by atoms with Crippen LogP contribution in [-0.4, -0.2) is 61.1 Å². The first kappa shape index (κ1) is 22.8. The molecule has 0 atom stereocenters. The van der Waals surface area contributed by atoms with Gasteiger partial charge in [-0.05, 0) is 13.8 Å². The van der Waals surface area contributed by atoms with Crippen LogP contribution >= 0.6 is 11.8 Å². The second kappa shape index (κ2) is 10.9. The molecule has 0 saturated carbocycles. The van der Waals surface area contributed by atoms with E-state index < -0.39 is 0 Å². The summed E-state index contributed by atoms with van der Waals surface area (Å²) in [5, 5.41) is 3.15. The summed E-state index contributed by atoms with van der Waals surface area (Å²) in [6.45, 7) is 7.52. The SMILES string of the molecule is CCOc1cc(N2CCOCC2)c(OCC)cc1NC(=O)CSc1nc(N)cc(=O)[nH]1. The molecule has 0 spiro atoms. The number of hydrogen-bond acceptors (Lipinski definition) is 9. The lowest BCUT2D eigenvalue weighted by Crippen LogP contribution is -2.36. The van der Waals surface area contributed by atoms with Gasteiger partial charge in [0.05, 0.1) is 43.6 Å². The van der Waals surface area contributed by atoms with E-state index in [0.29, 0.717) is 43.6 Å². The van der Waals surface area contributed by atoms with Crippen LogP contribution in [0.25, 0.3) is 0 Å². The third-order valence-electron chi connectivity index (χ3n) is 4.37. The molecule has 1 aromatic heterocycles. The summed E-state index contributed by atoms with van der Waals surface area (Å²) < 4.78 is 17.1. The quantitative estimate of drug-likeness (QED) is 0.387. The molecule has 1 amide bonds. The Hall–Kier alpha value is -2.92. The molecule has 2 aromatic rings. The molecular weight excluding hydrogens is 422 g/mol. The standard InChI is InChI=1S/C20H27N5O5S/c1-3-29-15-10-14(25-5-7-28-8-6-25)16(30-4-2)9-13(15)22-19(27)12-31-20-23-17(21)11-18(26)24-20/h9-11H,3-8,12H2,1-2H3,(H,22,27)(H3,21,23,24,26). The number of hydrogen-bond donors (Lipinski definition) is 3. The number of carbonyl (C=O) groups is 1. The number of aromatic nitrogens is 2. The molecule has 0 aliphatic carbocycles. The second-order valence-electron chi connectivity index (χ2n) is 6.59. The van der Waals surface area contributed by atoms with E-state index in [4.69, 9.17) is 19.9 Å². The van der Waals surface area contributed by atoms with Crippen molar-refractivity contribution in [1.29, 1.82) is 0 Å². The lowest BCUT2D eigenvalue weighted by atomic mass is 10.2. The highest BCUT2D eigenvalue weighted by molar-refractivity contribution is 7.99. The molecule has 1 aliphatic rings. The monoisotopic (exact) mass is 449 g/mol. The zero-order chi connectivity index (χ0) is 22.2. The summed E-state index contributed by atoms with van der Waals surface area (Å²) in [4.78, 5) is 32.8. The normalized spacial score (nSPS) is 13.7. The predicted octanol–water partition coefficient (Wildman–Crippen LogP) is 1.72. The largest absolute Gasteiger partial charge is 0.492 e. The first-order chi connectivity index (χ1) is 15.0. The number of benzene rings is 1. The lowest BCUT2D eigenvalue weighted by molar-refractivity contribution is -0.113. The van der Waals surface area contributed by atoms with Crippen molar-refractivity contribution in [1.82, 2.24) is 9.97 Å². The number of nitrogen functional groups attached to an aromatic ring is 1. The average molecular weight is 450 g/mol. The van der Waals surface area contributed by atoms with E-state index in [0.717, 1.165) is 30.5 Å². The van der Waals surface area contributed by atoms with Crippen LogP contribution in [-0.2, 0) is 9.53 Å². The van der Waals surface area contributed by atoms with E-state index in [1.54, 1.807) is 6.07 Å². The Morgan fingerprint density at radius 1 is 1.23 bits per heavy atom. The maximum absolute atomic E-state index is 12.6. The van der Waals surface area contributed by atoms with Crippen molar-refractivity contribution in [2.75, 3.05) is 61.2 Å². The zero-order valence-corrected chi connectivity index (χ0v) is 18.4. The summed E-state index contributed by atoms with van der Waals surface area (Å²) in [5.74, 6) is 1.08. The van der Waals surface area contributed by atoms with Gasteiger partial charge in [-0.1, -0.05) is 11.8 Å². The molecule has 0 unspecified atom stereocenters. The van der Waals surface area contributed by atoms with Gasteiger partial charge in [-0.15, -0.1) is 0 Å². The minimum atomic E-state index is -0.367. The number of nitrogens with zero attached hydrogens (tertiary/aromatic N) is 2. The van der Waals surface area contributed by atoms with E-state index in [1.165, 1.54) is 6.07 Å². The molecule has 10 nitrogen and oxygen atoms in total. The number of amides is 1. The Morgan fingerprint density at radius 2 is 1.94 bits per heavy atom. The molecule has 168 valence electrons. The maximum Gasteiger partial charge on any atom is 0.253 e. The van der Waals surface area contributed by atoms with Crippen LogP contribution in [0.2, 0.25) is 0 Å². The average Bonchev–Trinajstić information content (AvgIpc) is 2.74. The maximum atomic E-state index is 12.6. The molecule has 0 radical (unpaired) electrons. The number of aromatic amines is 1. The Balaban J connectivity index is 1.78. The fraction of sp³-hybridized carbons (Fsp3) is 0.450. The second-order valence-corrected chi connectivity index (χ2v) is 7.56. The third-order valence-corrected chi connectivity index (χ3v) is 5.24. The highest BCUT2D eigenvalue weighted by Gasteiger charge is 2.20. The number of carbonyl (C=O) groups excluding carboxylic acids is 1. The molecule has 2 heterocycles. The fourth-order valence-electron chi connectivity index (χ4n) is 3.09. The Morgan fingerprint density at radius 3 is 2.61 bits per heavy atom. The van der Waals surface area contributed by atoms with Gasteiger partial charge in [0.1, 0.15) is 17.3 Å². The van der Waals surface area contributed by atoms with Gasteiger partial charge in [0.15, 0.2) is 5.16 Å². The minimum Gasteiger partial charge on any atom is -0.492 e. The van der Waals surface area contributed by atoms with Crippen molar-refractivity contribution < 1.29 is 19.0 Å². The number of morpholine rings is 1. The molecule has 1 aliphatic heterocycles. The van der Waals surface area contributed by atoms with E-state index in [9.17, 15) is 9.59 Å². The van der Waals surface area contributed by atoms with Gasteiger partial charge in [-0.3, -0.25) is 9.59 Å². The fourth-order valence-corrected chi connectivity index (χ4v) is 3.77. The summed E-state index contributed by atoms with van der Waals surface area (Å²) in [7, 11) is 0. The molecule has 3 rings (SSSR count). The van der Waals surface area contributed by atoms with Crippen LogP contribution in [0.5, 0.6) is 11.5 Å². The van der Waals surface area contributed by atoms with E-state index in [1.807, 2.05) is 19.9 Å². The highest BCUT2D eigenvalue weighted by Crippen LogP contribution is 2.39. The Labute approximate surface area is 184 Å². The minimum absolute atomic E-state index is 0.0349. The topological polar surface area (TPSA) is 132 Å². The molecule has 4 N–H and O–H groups in total. The summed E-state index contributed by atoms with van der Waals surface area (Å²) >= 11 is 1.08. The molecule has 1 fully saturated rings. The molecule has 1 saturated heterocycles. The van der Waals surface area contributed by atoms with E-state index >= 15 is 0 Å². The Kier molecular flexibility index (Phi) is 8.01. The van der Waals surface area contributed by atoms with Gasteiger partial charge in [-0.2, -0.15) is 0 Å². The summed E-state index contributed by atoms with van der Waals surface area (Å²) in [6.07, 6.45) is 0. The van der Waals surface area contributed by atoms with E-state index in [-0.39, 0.29) is 28.2 Å². The summed E-state index contributed by atoms with van der Waals surface area (Å²) in [6, 6.07) is 4.85. The molecule has 0 bridgehead atoms. The number of anilines is 3. The van der Waals surface area contributed by atoms with Crippen LogP contribution < -0.4 is 31.0 Å². The molecule has 11 heteroatoms. The van der Waals surface area contributed by atoms with Crippen LogP contribution in [0, 0.1) is 0 Å². The number of nitrogens with one attached hydrogen (secondary N) is 2. The molecule has 31 heavy (non-hydrogen) atoms. The smallest absolute Gasteiger partial charge is 0.253 e. The Bertz CT molecular complexity index is 961. The lowest BCUT2D eigenvalue weighted by Gasteiger charge is -2.31. The third kappa shape index (κ3) is 6.28. The predicted molar refractivity (Wildman–Crippen MR) is 120 cm³/mol. The number of thioether (sulfide) groups is 1. The van der Waals surface area contributed by atoms with Crippen molar-refractivity contribution in [3.63, 3.8) is 0 Å². The molecular formula is C20H27N5O5S. The van der Waals surface area contributed by atoms with Crippen LogP contribution in [0.4, 0.5) is 17.2 Å². The van der Waals surface area contributed by atoms with Crippen molar-refractivity contribution in [3.05, 3.63) is 28.6 Å². The number of H-pyrrole nitrogens is 1. The zero-order valence-electron chi connectivity index (χ0n) is 17.6. The van der Waals surface area contributed by atoms with Crippen molar-refractivity contribution in [3.8, 4) is 11.5 Å². The van der Waals surface area contributed by atoms with Gasteiger partial charge in [0.2, 0.25) is 5.91 Å². The van der Waals surface area contributed by atoms with Gasteiger partial charge in [0, 0.05) is 31.3 Å². The molecule has 1 aromatic carbocycles. The van der Waals surface area contributed by atoms with Crippen molar-refractivity contribution in [2.24, 2.45) is 0 Å². The number of ether oxygens (including phenoxy) is 3. The van der Waals surface area contributed by atoms with Gasteiger partial charge in [-0.25, -0.2) is 4.98 Å². The van der Waals surface area contributed by atoms with Crippen molar-refractivity contribution in [2.45, 2.75) is 19.0 Å². The van der Waals surface area contributed by atoms with Gasteiger partial charge < -0.3 is 35.1 Å². The van der Waals surface area contributed by atoms with Crippen LogP contribution in [0.15, 0.2) is 28.2 Å². The first-order valence-corrected chi connectivity index (χ1v) is 11.0. The van der Waals surface area contributed by atoms with Crippen LogP contribution in [0.1, 0.15) is 13.8 Å².